The molecule has 1 amide bonds. The van der Waals surface area contributed by atoms with Crippen LogP contribution in [0.25, 0.3) is 0 Å². The van der Waals surface area contributed by atoms with E-state index < -0.39 is 5.60 Å². The van der Waals surface area contributed by atoms with Crippen molar-refractivity contribution < 1.29 is 14.1 Å². The second kappa shape index (κ2) is 4.96. The van der Waals surface area contributed by atoms with Gasteiger partial charge in [0.1, 0.15) is 5.60 Å². The van der Waals surface area contributed by atoms with Crippen molar-refractivity contribution >= 4 is 6.09 Å². The number of hydrogen-bond acceptors (Lipinski definition) is 5. The standard InChI is InChI=1S/C12H19N3O3/c1-12(2,3)17-11(16)15-6-4-9(5-7-15)10-13-8-14-18-10/h8-9H,4-7H2,1-3H3. The van der Waals surface area contributed by atoms with E-state index in [4.69, 9.17) is 9.26 Å². The molecule has 0 spiro atoms. The Kier molecular flexibility index (Phi) is 3.54. The number of amides is 1. The lowest BCUT2D eigenvalue weighted by atomic mass is 9.97. The molecular weight excluding hydrogens is 234 g/mol. The van der Waals surface area contributed by atoms with E-state index in [1.165, 1.54) is 6.33 Å². The molecule has 0 N–H and O–H groups in total. The third-order valence-corrected chi connectivity index (χ3v) is 2.87. The van der Waals surface area contributed by atoms with Crippen LogP contribution in [-0.2, 0) is 4.74 Å². The molecule has 1 aromatic heterocycles. The maximum absolute atomic E-state index is 11.9. The van der Waals surface area contributed by atoms with Crippen LogP contribution in [0.3, 0.4) is 0 Å². The Morgan fingerprint density at radius 3 is 2.61 bits per heavy atom. The van der Waals surface area contributed by atoms with Gasteiger partial charge in [-0.25, -0.2) is 4.79 Å². The monoisotopic (exact) mass is 253 g/mol. The number of rotatable bonds is 1. The van der Waals surface area contributed by atoms with Gasteiger partial charge in [-0.15, -0.1) is 0 Å². The Balaban J connectivity index is 1.85. The van der Waals surface area contributed by atoms with Crippen LogP contribution in [-0.4, -0.2) is 39.8 Å². The van der Waals surface area contributed by atoms with Crippen molar-refractivity contribution in [1.29, 1.82) is 0 Å². The lowest BCUT2D eigenvalue weighted by molar-refractivity contribution is 0.0198. The van der Waals surface area contributed by atoms with E-state index in [9.17, 15) is 4.79 Å². The summed E-state index contributed by atoms with van der Waals surface area (Å²) in [5.41, 5.74) is -0.444. The summed E-state index contributed by atoms with van der Waals surface area (Å²) < 4.78 is 10.4. The second-order valence-electron chi connectivity index (χ2n) is 5.52. The van der Waals surface area contributed by atoms with Gasteiger partial charge < -0.3 is 14.2 Å². The zero-order valence-electron chi connectivity index (χ0n) is 11.0. The SMILES string of the molecule is CC(C)(C)OC(=O)N1CCC(c2ncno2)CC1. The third kappa shape index (κ3) is 3.21. The van der Waals surface area contributed by atoms with Gasteiger partial charge in [-0.05, 0) is 33.6 Å². The molecule has 0 aromatic carbocycles. The minimum Gasteiger partial charge on any atom is -0.444 e. The first-order chi connectivity index (χ1) is 8.46. The first-order valence-corrected chi connectivity index (χ1v) is 6.20. The summed E-state index contributed by atoms with van der Waals surface area (Å²) in [6, 6.07) is 0. The number of ether oxygens (including phenoxy) is 1. The number of nitrogens with zero attached hydrogens (tertiary/aromatic N) is 3. The molecule has 0 unspecified atom stereocenters. The zero-order chi connectivity index (χ0) is 13.2. The van der Waals surface area contributed by atoms with Gasteiger partial charge in [-0.1, -0.05) is 5.16 Å². The van der Waals surface area contributed by atoms with Crippen LogP contribution in [0.2, 0.25) is 0 Å². The highest BCUT2D eigenvalue weighted by atomic mass is 16.6. The Bertz CT molecular complexity index is 389. The van der Waals surface area contributed by atoms with Gasteiger partial charge in [0.15, 0.2) is 6.33 Å². The normalized spacial score (nSPS) is 17.8. The molecule has 100 valence electrons. The lowest BCUT2D eigenvalue weighted by Gasteiger charge is -2.32. The van der Waals surface area contributed by atoms with Gasteiger partial charge >= 0.3 is 6.09 Å². The first kappa shape index (κ1) is 12.9. The predicted molar refractivity (Wildman–Crippen MR) is 64.1 cm³/mol. The summed E-state index contributed by atoms with van der Waals surface area (Å²) in [4.78, 5) is 17.7. The summed E-state index contributed by atoms with van der Waals surface area (Å²) in [5.74, 6) is 0.921. The fraction of sp³-hybridized carbons (Fsp3) is 0.750. The van der Waals surface area contributed by atoms with E-state index in [0.717, 1.165) is 12.8 Å². The molecule has 0 saturated carbocycles. The molecule has 1 aromatic rings. The third-order valence-electron chi connectivity index (χ3n) is 2.87. The fourth-order valence-electron chi connectivity index (χ4n) is 2.00. The van der Waals surface area contributed by atoms with Gasteiger partial charge in [-0.3, -0.25) is 0 Å². The molecule has 0 radical (unpaired) electrons. The largest absolute Gasteiger partial charge is 0.444 e. The van der Waals surface area contributed by atoms with Crippen LogP contribution < -0.4 is 0 Å². The summed E-state index contributed by atoms with van der Waals surface area (Å²) in [6.07, 6.45) is 2.84. The van der Waals surface area contributed by atoms with Gasteiger partial charge in [0, 0.05) is 19.0 Å². The number of carbonyl (C=O) groups excluding carboxylic acids is 1. The maximum Gasteiger partial charge on any atom is 0.410 e. The maximum atomic E-state index is 11.9. The molecule has 2 heterocycles. The highest BCUT2D eigenvalue weighted by molar-refractivity contribution is 5.68. The fourth-order valence-corrected chi connectivity index (χ4v) is 2.00. The van der Waals surface area contributed by atoms with E-state index >= 15 is 0 Å². The smallest absolute Gasteiger partial charge is 0.410 e. The molecular formula is C12H19N3O3. The highest BCUT2D eigenvalue weighted by Crippen LogP contribution is 2.26. The number of carbonyl (C=O) groups is 1. The molecule has 0 atom stereocenters. The molecule has 0 bridgehead atoms. The van der Waals surface area contributed by atoms with E-state index in [0.29, 0.717) is 19.0 Å². The number of hydrogen-bond donors (Lipinski definition) is 0. The van der Waals surface area contributed by atoms with Crippen molar-refractivity contribution in [2.24, 2.45) is 0 Å². The molecule has 1 fully saturated rings. The average Bonchev–Trinajstić information content (AvgIpc) is 2.80. The van der Waals surface area contributed by atoms with Crippen LogP contribution in [0.4, 0.5) is 4.79 Å². The van der Waals surface area contributed by atoms with Crippen LogP contribution >= 0.6 is 0 Å². The van der Waals surface area contributed by atoms with E-state index in [-0.39, 0.29) is 12.0 Å². The molecule has 18 heavy (non-hydrogen) atoms. The summed E-state index contributed by atoms with van der Waals surface area (Å²) in [6.45, 7) is 6.95. The minimum absolute atomic E-state index is 0.244. The van der Waals surface area contributed by atoms with E-state index in [2.05, 4.69) is 10.1 Å². The summed E-state index contributed by atoms with van der Waals surface area (Å²) in [5, 5.41) is 3.61. The molecule has 1 aliphatic rings. The molecule has 0 aliphatic carbocycles. The number of aromatic nitrogens is 2. The second-order valence-corrected chi connectivity index (χ2v) is 5.52. The van der Waals surface area contributed by atoms with Crippen molar-refractivity contribution in [1.82, 2.24) is 15.0 Å². The predicted octanol–water partition coefficient (Wildman–Crippen LogP) is 2.18. The molecule has 1 saturated heterocycles. The van der Waals surface area contributed by atoms with Crippen LogP contribution in [0.15, 0.2) is 10.9 Å². The summed E-state index contributed by atoms with van der Waals surface area (Å²) >= 11 is 0. The minimum atomic E-state index is -0.444. The van der Waals surface area contributed by atoms with Crippen LogP contribution in [0, 0.1) is 0 Å². The quantitative estimate of drug-likeness (QED) is 0.767. The van der Waals surface area contributed by atoms with Crippen LogP contribution in [0.1, 0.15) is 45.4 Å². The van der Waals surface area contributed by atoms with Crippen molar-refractivity contribution in [2.45, 2.75) is 45.1 Å². The lowest BCUT2D eigenvalue weighted by Crippen LogP contribution is -2.41. The molecule has 2 rings (SSSR count). The average molecular weight is 253 g/mol. The molecule has 6 nitrogen and oxygen atoms in total. The van der Waals surface area contributed by atoms with Gasteiger partial charge in [0.05, 0.1) is 0 Å². The van der Waals surface area contributed by atoms with Crippen molar-refractivity contribution in [3.8, 4) is 0 Å². The van der Waals surface area contributed by atoms with Gasteiger partial charge in [0.25, 0.3) is 0 Å². The molecule has 6 heteroatoms. The van der Waals surface area contributed by atoms with Crippen molar-refractivity contribution in [3.05, 3.63) is 12.2 Å². The first-order valence-electron chi connectivity index (χ1n) is 6.20. The Morgan fingerprint density at radius 1 is 1.44 bits per heavy atom. The Hall–Kier alpha value is -1.59. The topological polar surface area (TPSA) is 68.5 Å². The molecule has 1 aliphatic heterocycles. The Labute approximate surface area is 106 Å². The van der Waals surface area contributed by atoms with Crippen molar-refractivity contribution in [3.63, 3.8) is 0 Å². The van der Waals surface area contributed by atoms with Gasteiger partial charge in [-0.2, -0.15) is 4.98 Å². The van der Waals surface area contributed by atoms with Crippen molar-refractivity contribution in [2.75, 3.05) is 13.1 Å². The van der Waals surface area contributed by atoms with E-state index in [1.807, 2.05) is 20.8 Å². The van der Waals surface area contributed by atoms with Gasteiger partial charge in [0.2, 0.25) is 5.89 Å². The van der Waals surface area contributed by atoms with E-state index in [1.54, 1.807) is 4.90 Å². The number of likely N-dealkylation sites (tertiary alicyclic amines) is 1. The van der Waals surface area contributed by atoms with Crippen LogP contribution in [0.5, 0.6) is 0 Å². The number of piperidine rings is 1. The highest BCUT2D eigenvalue weighted by Gasteiger charge is 2.29. The summed E-state index contributed by atoms with van der Waals surface area (Å²) in [7, 11) is 0. The zero-order valence-corrected chi connectivity index (χ0v) is 11.0. The Morgan fingerprint density at radius 2 is 2.11 bits per heavy atom.